The highest BCUT2D eigenvalue weighted by molar-refractivity contribution is 5.67. The van der Waals surface area contributed by atoms with E-state index in [1.54, 1.807) is 0 Å². The number of nitrogens with zero attached hydrogens (tertiary/aromatic N) is 2. The maximum absolute atomic E-state index is 5.46. The van der Waals surface area contributed by atoms with Gasteiger partial charge in [-0.15, -0.1) is 0 Å². The van der Waals surface area contributed by atoms with Crippen LogP contribution < -0.4 is 26.1 Å². The van der Waals surface area contributed by atoms with Crippen molar-refractivity contribution in [3.63, 3.8) is 0 Å². The number of anilines is 3. The second-order valence-corrected chi connectivity index (χ2v) is 4.24. The highest BCUT2D eigenvalue weighted by Crippen LogP contribution is 2.35. The number of nitrogens with one attached hydrogen (secondary N) is 2. The van der Waals surface area contributed by atoms with Gasteiger partial charge in [0.25, 0.3) is 0 Å². The Labute approximate surface area is 116 Å². The largest absolute Gasteiger partial charge is 0.454 e. The van der Waals surface area contributed by atoms with Gasteiger partial charge in [0.1, 0.15) is 18.0 Å². The fraction of sp³-hybridized carbons (Fsp3) is 0.231. The van der Waals surface area contributed by atoms with Crippen LogP contribution in [0.1, 0.15) is 12.5 Å². The van der Waals surface area contributed by atoms with E-state index in [1.165, 1.54) is 6.33 Å². The fourth-order valence-electron chi connectivity index (χ4n) is 2.09. The molecule has 2 aromatic rings. The van der Waals surface area contributed by atoms with E-state index in [0.717, 1.165) is 29.2 Å². The predicted octanol–water partition coefficient (Wildman–Crippen LogP) is 1.80. The van der Waals surface area contributed by atoms with E-state index in [2.05, 4.69) is 20.7 Å². The summed E-state index contributed by atoms with van der Waals surface area (Å²) in [6, 6.07) is 5.64. The minimum absolute atomic E-state index is 0.258. The van der Waals surface area contributed by atoms with Crippen LogP contribution in [-0.2, 0) is 6.42 Å². The van der Waals surface area contributed by atoms with Gasteiger partial charge in [0.15, 0.2) is 11.5 Å². The molecule has 0 saturated carbocycles. The van der Waals surface area contributed by atoms with Crippen LogP contribution in [0.4, 0.5) is 17.3 Å². The Morgan fingerprint density at radius 1 is 1.20 bits per heavy atom. The van der Waals surface area contributed by atoms with Gasteiger partial charge in [0.2, 0.25) is 6.79 Å². The van der Waals surface area contributed by atoms with Crippen molar-refractivity contribution in [2.75, 3.05) is 17.5 Å². The lowest BCUT2D eigenvalue weighted by Crippen LogP contribution is -2.13. The molecule has 0 unspecified atom stereocenters. The monoisotopic (exact) mass is 273 g/mol. The van der Waals surface area contributed by atoms with Crippen LogP contribution >= 0.6 is 0 Å². The first-order valence-electron chi connectivity index (χ1n) is 6.29. The predicted molar refractivity (Wildman–Crippen MR) is 75.1 cm³/mol. The van der Waals surface area contributed by atoms with Crippen LogP contribution in [0.2, 0.25) is 0 Å². The molecule has 0 fully saturated rings. The molecule has 0 amide bonds. The maximum Gasteiger partial charge on any atom is 0.231 e. The first-order chi connectivity index (χ1) is 9.81. The van der Waals surface area contributed by atoms with Crippen molar-refractivity contribution in [2.45, 2.75) is 13.3 Å². The first kappa shape index (κ1) is 12.5. The molecule has 0 spiro atoms. The van der Waals surface area contributed by atoms with Crippen molar-refractivity contribution < 1.29 is 9.47 Å². The van der Waals surface area contributed by atoms with Gasteiger partial charge in [-0.1, -0.05) is 6.92 Å². The number of hydrogen-bond acceptors (Lipinski definition) is 7. The second kappa shape index (κ2) is 5.22. The molecule has 0 aliphatic carbocycles. The number of aromatic nitrogens is 2. The van der Waals surface area contributed by atoms with Crippen LogP contribution in [0.3, 0.4) is 0 Å². The van der Waals surface area contributed by atoms with Crippen molar-refractivity contribution in [1.29, 1.82) is 0 Å². The van der Waals surface area contributed by atoms with Gasteiger partial charge in [-0.2, -0.15) is 0 Å². The van der Waals surface area contributed by atoms with Crippen LogP contribution in [0.25, 0.3) is 0 Å². The first-order valence-corrected chi connectivity index (χ1v) is 6.29. The van der Waals surface area contributed by atoms with E-state index >= 15 is 0 Å². The molecular formula is C13H15N5O2. The molecule has 4 N–H and O–H groups in total. The van der Waals surface area contributed by atoms with Crippen molar-refractivity contribution in [3.05, 3.63) is 30.1 Å². The average molecular weight is 273 g/mol. The Hall–Kier alpha value is -2.54. The zero-order chi connectivity index (χ0) is 13.9. The summed E-state index contributed by atoms with van der Waals surface area (Å²) in [5.74, 6) is 8.26. The Morgan fingerprint density at radius 2 is 2.00 bits per heavy atom. The van der Waals surface area contributed by atoms with E-state index in [1.807, 2.05) is 25.1 Å². The minimum Gasteiger partial charge on any atom is -0.454 e. The lowest BCUT2D eigenvalue weighted by Gasteiger charge is -2.12. The summed E-state index contributed by atoms with van der Waals surface area (Å²) in [5, 5.41) is 3.25. The number of ether oxygens (including phenoxy) is 2. The smallest absolute Gasteiger partial charge is 0.231 e. The number of fused-ring (bicyclic) bond motifs is 1. The topological polar surface area (TPSA) is 94.3 Å². The van der Waals surface area contributed by atoms with E-state index in [-0.39, 0.29) is 6.79 Å². The van der Waals surface area contributed by atoms with Gasteiger partial charge in [-0.25, -0.2) is 15.8 Å². The summed E-state index contributed by atoms with van der Waals surface area (Å²) in [7, 11) is 0. The SMILES string of the molecule is CCc1c(NN)ncnc1Nc1ccc2c(c1)OCO2. The van der Waals surface area contributed by atoms with Crippen molar-refractivity contribution in [1.82, 2.24) is 9.97 Å². The van der Waals surface area contributed by atoms with Crippen LogP contribution in [0.15, 0.2) is 24.5 Å². The van der Waals surface area contributed by atoms with E-state index in [0.29, 0.717) is 11.6 Å². The summed E-state index contributed by atoms with van der Waals surface area (Å²) in [4.78, 5) is 8.35. The summed E-state index contributed by atoms with van der Waals surface area (Å²) in [6.45, 7) is 2.28. The lowest BCUT2D eigenvalue weighted by molar-refractivity contribution is 0.174. The lowest BCUT2D eigenvalue weighted by atomic mass is 10.2. The molecule has 1 aromatic carbocycles. The molecule has 1 aromatic heterocycles. The van der Waals surface area contributed by atoms with Crippen LogP contribution in [0.5, 0.6) is 11.5 Å². The van der Waals surface area contributed by atoms with Gasteiger partial charge in [0, 0.05) is 17.3 Å². The molecule has 0 radical (unpaired) electrons. The zero-order valence-corrected chi connectivity index (χ0v) is 11.0. The average Bonchev–Trinajstić information content (AvgIpc) is 2.94. The number of nitrogen functional groups attached to an aromatic ring is 1. The molecule has 0 bridgehead atoms. The highest BCUT2D eigenvalue weighted by atomic mass is 16.7. The van der Waals surface area contributed by atoms with Crippen molar-refractivity contribution in [3.8, 4) is 11.5 Å². The fourth-order valence-corrected chi connectivity index (χ4v) is 2.09. The molecule has 0 saturated heterocycles. The van der Waals surface area contributed by atoms with Gasteiger partial charge in [-0.3, -0.25) is 0 Å². The molecule has 7 heteroatoms. The molecule has 1 aliphatic rings. The Bertz CT molecular complexity index is 632. The number of hydrazine groups is 1. The number of hydrogen-bond donors (Lipinski definition) is 3. The summed E-state index contributed by atoms with van der Waals surface area (Å²) in [5.41, 5.74) is 4.37. The van der Waals surface area contributed by atoms with Gasteiger partial charge >= 0.3 is 0 Å². The minimum atomic E-state index is 0.258. The van der Waals surface area contributed by atoms with Gasteiger partial charge in [-0.05, 0) is 18.6 Å². The second-order valence-electron chi connectivity index (χ2n) is 4.24. The molecule has 104 valence electrons. The molecule has 1 aliphatic heterocycles. The number of benzene rings is 1. The van der Waals surface area contributed by atoms with E-state index in [9.17, 15) is 0 Å². The summed E-state index contributed by atoms with van der Waals surface area (Å²) < 4.78 is 10.6. The zero-order valence-electron chi connectivity index (χ0n) is 11.0. The number of rotatable bonds is 4. The molecular weight excluding hydrogens is 258 g/mol. The molecule has 0 atom stereocenters. The third kappa shape index (κ3) is 2.19. The van der Waals surface area contributed by atoms with Crippen molar-refractivity contribution in [2.24, 2.45) is 5.84 Å². The van der Waals surface area contributed by atoms with Crippen molar-refractivity contribution >= 4 is 17.3 Å². The molecule has 3 rings (SSSR count). The Morgan fingerprint density at radius 3 is 2.80 bits per heavy atom. The summed E-state index contributed by atoms with van der Waals surface area (Å²) in [6.07, 6.45) is 2.22. The van der Waals surface area contributed by atoms with E-state index in [4.69, 9.17) is 15.3 Å². The molecule has 2 heterocycles. The summed E-state index contributed by atoms with van der Waals surface area (Å²) >= 11 is 0. The Balaban J connectivity index is 1.91. The molecule has 20 heavy (non-hydrogen) atoms. The van der Waals surface area contributed by atoms with Crippen LogP contribution in [-0.4, -0.2) is 16.8 Å². The van der Waals surface area contributed by atoms with Crippen LogP contribution in [0, 0.1) is 0 Å². The van der Waals surface area contributed by atoms with E-state index < -0.39 is 0 Å². The standard InChI is InChI=1S/C13H15N5O2/c1-2-9-12(15-6-16-13(9)18-14)17-8-3-4-10-11(5-8)20-7-19-10/h3-6H,2,7,14H2,1H3,(H2,15,16,17,18). The quantitative estimate of drug-likeness (QED) is 0.577. The maximum atomic E-state index is 5.46. The third-order valence-electron chi connectivity index (χ3n) is 3.07. The molecule has 7 nitrogen and oxygen atoms in total. The highest BCUT2D eigenvalue weighted by Gasteiger charge is 2.14. The normalized spacial score (nSPS) is 12.3. The van der Waals surface area contributed by atoms with Gasteiger partial charge in [0.05, 0.1) is 0 Å². The third-order valence-corrected chi connectivity index (χ3v) is 3.07. The Kier molecular flexibility index (Phi) is 3.26. The number of nitrogens with two attached hydrogens (primary N) is 1. The van der Waals surface area contributed by atoms with Gasteiger partial charge < -0.3 is 20.2 Å².